The highest BCUT2D eigenvalue weighted by atomic mass is 14.5. The molecule has 302 valence electrons. The first-order chi connectivity index (χ1) is 30.7. The molecule has 0 unspecified atom stereocenters. The Morgan fingerprint density at radius 1 is 0.317 bits per heavy atom. The molecule has 0 bridgehead atoms. The monoisotopic (exact) mass is 806 g/mol. The van der Waals surface area contributed by atoms with Crippen LogP contribution in [-0.4, -0.2) is 0 Å². The van der Waals surface area contributed by atoms with Crippen molar-refractivity contribution in [1.29, 1.82) is 0 Å². The van der Waals surface area contributed by atoms with E-state index in [2.05, 4.69) is 235 Å². The van der Waals surface area contributed by atoms with Crippen LogP contribution in [0.2, 0.25) is 0 Å². The smallest absolute Gasteiger partial charge is 0.0622 e. The van der Waals surface area contributed by atoms with Gasteiger partial charge in [-0.05, 0) is 125 Å². The largest absolute Gasteiger partial charge is 0.0725 e. The van der Waals surface area contributed by atoms with Crippen molar-refractivity contribution in [2.24, 2.45) is 0 Å². The Morgan fingerprint density at radius 3 is 1.41 bits per heavy atom. The molecule has 0 fully saturated rings. The van der Waals surface area contributed by atoms with Crippen LogP contribution in [0.15, 0.2) is 200 Å². The summed E-state index contributed by atoms with van der Waals surface area (Å²) < 4.78 is 0. The second kappa shape index (κ2) is 13.7. The maximum atomic E-state index is 2.48. The number of hydrogen-bond acceptors (Lipinski definition) is 0. The van der Waals surface area contributed by atoms with Gasteiger partial charge in [-0.15, -0.1) is 0 Å². The molecule has 0 heteroatoms. The van der Waals surface area contributed by atoms with E-state index >= 15 is 0 Å². The summed E-state index contributed by atoms with van der Waals surface area (Å²) in [6.45, 7) is 11.6. The molecule has 4 aliphatic carbocycles. The number of fused-ring (bicyclic) bond motifs is 16. The Morgan fingerprint density at radius 2 is 0.778 bits per heavy atom. The summed E-state index contributed by atoms with van der Waals surface area (Å²) in [6, 6.07) is 74.7. The molecule has 0 heterocycles. The predicted octanol–water partition coefficient (Wildman–Crippen LogP) is 15.9. The maximum absolute atomic E-state index is 2.48. The Labute approximate surface area is 372 Å². The third-order valence-corrected chi connectivity index (χ3v) is 15.1. The topological polar surface area (TPSA) is 0 Å². The van der Waals surface area contributed by atoms with Crippen LogP contribution in [-0.2, 0) is 22.7 Å². The molecule has 9 aromatic rings. The zero-order valence-corrected chi connectivity index (χ0v) is 36.8. The van der Waals surface area contributed by atoms with Crippen LogP contribution in [0, 0.1) is 6.92 Å². The van der Waals surface area contributed by atoms with E-state index in [-0.39, 0.29) is 16.2 Å². The quantitative estimate of drug-likeness (QED) is 0.167. The van der Waals surface area contributed by atoms with Crippen LogP contribution in [0.5, 0.6) is 0 Å². The van der Waals surface area contributed by atoms with Gasteiger partial charge in [0.2, 0.25) is 0 Å². The third-order valence-electron chi connectivity index (χ3n) is 15.1. The van der Waals surface area contributed by atoms with Crippen LogP contribution in [0.3, 0.4) is 0 Å². The van der Waals surface area contributed by atoms with Crippen LogP contribution in [0.25, 0.3) is 55.6 Å². The molecule has 0 saturated carbocycles. The highest BCUT2D eigenvalue weighted by molar-refractivity contribution is 5.96. The molecule has 4 aliphatic rings. The fourth-order valence-corrected chi connectivity index (χ4v) is 12.3. The molecule has 0 nitrogen and oxygen atoms in total. The number of rotatable bonds is 3. The van der Waals surface area contributed by atoms with Gasteiger partial charge in [-0.2, -0.15) is 0 Å². The fraction of sp³-hybridized carbons (Fsp3) is 0.143. The Hall–Kier alpha value is -7.02. The number of aryl methyl sites for hydroxylation is 1. The van der Waals surface area contributed by atoms with Crippen LogP contribution in [0.4, 0.5) is 0 Å². The van der Waals surface area contributed by atoms with E-state index in [4.69, 9.17) is 0 Å². The average molecular weight is 807 g/mol. The Balaban J connectivity index is 0.000000161. The predicted molar refractivity (Wildman–Crippen MR) is 264 cm³/mol. The van der Waals surface area contributed by atoms with Crippen LogP contribution in [0.1, 0.15) is 88.9 Å². The second-order valence-corrected chi connectivity index (χ2v) is 19.2. The molecule has 0 radical (unpaired) electrons. The van der Waals surface area contributed by atoms with Crippen molar-refractivity contribution in [3.05, 3.63) is 261 Å². The minimum absolute atomic E-state index is 0.00843. The molecule has 63 heavy (non-hydrogen) atoms. The van der Waals surface area contributed by atoms with Crippen LogP contribution >= 0.6 is 0 Å². The highest BCUT2D eigenvalue weighted by Gasteiger charge is 2.52. The minimum atomic E-state index is -0.281. The summed E-state index contributed by atoms with van der Waals surface area (Å²) in [4.78, 5) is 0. The van der Waals surface area contributed by atoms with Gasteiger partial charge in [-0.3, -0.25) is 0 Å². The van der Waals surface area contributed by atoms with E-state index in [1.54, 1.807) is 0 Å². The summed E-state index contributed by atoms with van der Waals surface area (Å²) in [7, 11) is 0. The van der Waals surface area contributed by atoms with Gasteiger partial charge in [0.05, 0.1) is 5.41 Å². The van der Waals surface area contributed by atoms with E-state index in [0.29, 0.717) is 0 Å². The number of hydrogen-bond donors (Lipinski definition) is 0. The number of benzene rings is 9. The zero-order chi connectivity index (χ0) is 42.7. The zero-order valence-electron chi connectivity index (χ0n) is 36.8. The first-order valence-corrected chi connectivity index (χ1v) is 22.6. The maximum Gasteiger partial charge on any atom is 0.0725 e. The minimum Gasteiger partial charge on any atom is -0.0622 e. The molecule has 0 atom stereocenters. The lowest BCUT2D eigenvalue weighted by Gasteiger charge is -2.30. The first kappa shape index (κ1) is 37.7. The van der Waals surface area contributed by atoms with Crippen molar-refractivity contribution in [2.45, 2.75) is 57.3 Å². The molecule has 0 saturated heterocycles. The molecule has 0 aromatic heterocycles. The molecule has 0 N–H and O–H groups in total. The normalized spacial score (nSPS) is 15.2. The molecule has 0 aliphatic heterocycles. The lowest BCUT2D eigenvalue weighted by Crippen LogP contribution is -2.25. The van der Waals surface area contributed by atoms with Gasteiger partial charge in [0.25, 0.3) is 0 Å². The highest BCUT2D eigenvalue weighted by Crippen LogP contribution is 2.63. The van der Waals surface area contributed by atoms with E-state index in [1.807, 2.05) is 0 Å². The molecular formula is C63H50. The standard InChI is InChI=1S/C41H30.C22H20/c1-40(2)33-17-7-3-13-28(33)31-23-22-26(25-38(31)40)24-27-12-11-21-37-39(27)32-16-6-10-20-36(32)41(37)34-18-8-4-14-29(34)30-15-5-9-19-35(30)41;1-15-13-18(16-9-5-4-6-10-16)21-17-11-7-8-12-19(17)22(2,3)20(21)14-15/h3-23,25H,24H2,1-2H3;4-14H,1-3H3. The van der Waals surface area contributed by atoms with Crippen molar-refractivity contribution in [2.75, 3.05) is 0 Å². The van der Waals surface area contributed by atoms with Crippen molar-refractivity contribution in [3.8, 4) is 55.6 Å². The van der Waals surface area contributed by atoms with E-state index < -0.39 is 0 Å². The summed E-state index contributed by atoms with van der Waals surface area (Å²) >= 11 is 0. The molecule has 0 amide bonds. The van der Waals surface area contributed by atoms with E-state index in [9.17, 15) is 0 Å². The van der Waals surface area contributed by atoms with Gasteiger partial charge in [-0.1, -0.05) is 233 Å². The SMILES string of the molecule is CC1(C)c2ccccc2-c2ccc(Cc3cccc4c3-c3ccccc3C43c4ccccc4-c4ccccc43)cc21.Cc1cc(-c2ccccc2)c2c(c1)C(C)(C)c1ccccc1-2. The van der Waals surface area contributed by atoms with Gasteiger partial charge in [-0.25, -0.2) is 0 Å². The molecule has 13 rings (SSSR count). The van der Waals surface area contributed by atoms with Gasteiger partial charge in [0, 0.05) is 10.8 Å². The van der Waals surface area contributed by atoms with Crippen molar-refractivity contribution >= 4 is 0 Å². The van der Waals surface area contributed by atoms with E-state index in [0.717, 1.165) is 6.42 Å². The Bertz CT molecular complexity index is 3270. The van der Waals surface area contributed by atoms with Crippen LogP contribution < -0.4 is 0 Å². The lowest BCUT2D eigenvalue weighted by atomic mass is 9.70. The average Bonchev–Trinajstić information content (AvgIpc) is 3.95. The van der Waals surface area contributed by atoms with Gasteiger partial charge < -0.3 is 0 Å². The fourth-order valence-electron chi connectivity index (χ4n) is 12.3. The molecular weight excluding hydrogens is 757 g/mol. The molecule has 1 spiro atoms. The van der Waals surface area contributed by atoms with Gasteiger partial charge in [0.15, 0.2) is 0 Å². The van der Waals surface area contributed by atoms with Crippen molar-refractivity contribution in [3.63, 3.8) is 0 Å². The summed E-state index contributed by atoms with van der Waals surface area (Å²) in [5.74, 6) is 0. The second-order valence-electron chi connectivity index (χ2n) is 19.2. The van der Waals surface area contributed by atoms with Gasteiger partial charge in [0.1, 0.15) is 0 Å². The van der Waals surface area contributed by atoms with Crippen molar-refractivity contribution < 1.29 is 0 Å². The van der Waals surface area contributed by atoms with Gasteiger partial charge >= 0.3 is 0 Å². The van der Waals surface area contributed by atoms with Crippen molar-refractivity contribution in [1.82, 2.24) is 0 Å². The van der Waals surface area contributed by atoms with E-state index in [1.165, 1.54) is 117 Å². The molecule has 9 aromatic carbocycles. The Kier molecular flexibility index (Phi) is 8.23. The first-order valence-electron chi connectivity index (χ1n) is 22.6. The summed E-state index contributed by atoms with van der Waals surface area (Å²) in [5, 5.41) is 0. The lowest BCUT2D eigenvalue weighted by molar-refractivity contribution is 0.659. The third kappa shape index (κ3) is 5.28. The summed E-state index contributed by atoms with van der Waals surface area (Å²) in [5.41, 5.74) is 29.0. The summed E-state index contributed by atoms with van der Waals surface area (Å²) in [6.07, 6.45) is 0.913.